The van der Waals surface area contributed by atoms with Gasteiger partial charge in [-0.15, -0.1) is 0 Å². The summed E-state index contributed by atoms with van der Waals surface area (Å²) in [5, 5.41) is 0. The molecule has 1 heterocycles. The van der Waals surface area contributed by atoms with Crippen LogP contribution in [-0.2, 0) is 0 Å². The van der Waals surface area contributed by atoms with Crippen molar-refractivity contribution in [2.24, 2.45) is 0 Å². The fourth-order valence-electron chi connectivity index (χ4n) is 1.73. The monoisotopic (exact) mass is 229 g/mol. The Morgan fingerprint density at radius 3 is 2.59 bits per heavy atom. The lowest BCUT2D eigenvalue weighted by atomic mass is 10.0. The van der Waals surface area contributed by atoms with Gasteiger partial charge in [-0.25, -0.2) is 0 Å². The highest BCUT2D eigenvalue weighted by Crippen LogP contribution is 2.31. The van der Waals surface area contributed by atoms with Gasteiger partial charge in [-0.2, -0.15) is 0 Å². The second-order valence-corrected chi connectivity index (χ2v) is 3.84. The van der Waals surface area contributed by atoms with Gasteiger partial charge in [-0.3, -0.25) is 4.98 Å². The zero-order valence-corrected chi connectivity index (χ0v) is 9.90. The molecule has 2 rings (SSSR count). The van der Waals surface area contributed by atoms with E-state index in [1.165, 1.54) is 0 Å². The second kappa shape index (κ2) is 4.33. The molecule has 17 heavy (non-hydrogen) atoms. The minimum absolute atomic E-state index is 0.515. The molecule has 1 aromatic heterocycles. The third-order valence-electron chi connectivity index (χ3n) is 2.71. The van der Waals surface area contributed by atoms with E-state index in [1.54, 1.807) is 19.4 Å². The molecule has 0 amide bonds. The first-order chi connectivity index (χ1) is 8.13. The van der Waals surface area contributed by atoms with E-state index < -0.39 is 0 Å². The molecule has 0 aliphatic rings. The van der Waals surface area contributed by atoms with E-state index in [9.17, 15) is 0 Å². The minimum Gasteiger partial charge on any atom is -0.497 e. The lowest BCUT2D eigenvalue weighted by Crippen LogP contribution is -2.00. The fourth-order valence-corrected chi connectivity index (χ4v) is 1.73. The summed E-state index contributed by atoms with van der Waals surface area (Å²) in [6.07, 6.45) is 1.66. The van der Waals surface area contributed by atoms with Gasteiger partial charge >= 0.3 is 0 Å². The Kier molecular flexibility index (Phi) is 2.87. The summed E-state index contributed by atoms with van der Waals surface area (Å²) in [6, 6.07) is 7.45. The summed E-state index contributed by atoms with van der Waals surface area (Å²) >= 11 is 0. The summed E-state index contributed by atoms with van der Waals surface area (Å²) in [5.74, 6) is 0.814. The molecule has 0 bridgehead atoms. The number of hydrogen-bond acceptors (Lipinski definition) is 4. The predicted octanol–water partition coefficient (Wildman–Crippen LogP) is 2.23. The zero-order chi connectivity index (χ0) is 12.4. The van der Waals surface area contributed by atoms with E-state index in [1.807, 2.05) is 25.1 Å². The number of methoxy groups -OCH3 is 1. The number of nitrogens with two attached hydrogens (primary N) is 2. The number of anilines is 2. The molecule has 2 aromatic rings. The van der Waals surface area contributed by atoms with Crippen LogP contribution in [0.3, 0.4) is 0 Å². The van der Waals surface area contributed by atoms with Gasteiger partial charge in [0.1, 0.15) is 5.75 Å². The lowest BCUT2D eigenvalue weighted by molar-refractivity contribution is 0.414. The summed E-state index contributed by atoms with van der Waals surface area (Å²) in [6.45, 7) is 1.99. The Balaban J connectivity index is 2.57. The Labute approximate surface area is 100 Å². The average molecular weight is 229 g/mol. The Bertz CT molecular complexity index is 552. The van der Waals surface area contributed by atoms with E-state index in [4.69, 9.17) is 16.2 Å². The molecule has 0 saturated carbocycles. The Morgan fingerprint density at radius 1 is 1.18 bits per heavy atom. The zero-order valence-electron chi connectivity index (χ0n) is 9.90. The lowest BCUT2D eigenvalue weighted by Gasteiger charge is -2.10. The van der Waals surface area contributed by atoms with Gasteiger partial charge in [-0.05, 0) is 36.8 Å². The fraction of sp³-hybridized carbons (Fsp3) is 0.154. The summed E-state index contributed by atoms with van der Waals surface area (Å²) < 4.78 is 5.16. The van der Waals surface area contributed by atoms with Crippen molar-refractivity contribution in [3.8, 4) is 17.0 Å². The van der Waals surface area contributed by atoms with E-state index in [2.05, 4.69) is 4.98 Å². The van der Waals surface area contributed by atoms with Crippen LogP contribution in [0.1, 0.15) is 5.56 Å². The van der Waals surface area contributed by atoms with Crippen LogP contribution in [0, 0.1) is 6.92 Å². The van der Waals surface area contributed by atoms with Gasteiger partial charge in [0, 0.05) is 11.8 Å². The van der Waals surface area contributed by atoms with Gasteiger partial charge in [0.05, 0.1) is 24.2 Å². The van der Waals surface area contributed by atoms with Crippen molar-refractivity contribution >= 4 is 11.4 Å². The molecule has 0 radical (unpaired) electrons. The van der Waals surface area contributed by atoms with Gasteiger partial charge < -0.3 is 16.2 Å². The molecule has 4 heteroatoms. The van der Waals surface area contributed by atoms with E-state index >= 15 is 0 Å². The number of ether oxygens (including phenoxy) is 1. The number of rotatable bonds is 2. The minimum atomic E-state index is 0.515. The molecular formula is C13H15N3O. The van der Waals surface area contributed by atoms with Crippen molar-refractivity contribution in [1.29, 1.82) is 0 Å². The Hall–Kier alpha value is -2.23. The molecular weight excluding hydrogens is 214 g/mol. The van der Waals surface area contributed by atoms with Gasteiger partial charge in [-0.1, -0.05) is 0 Å². The molecule has 4 nitrogen and oxygen atoms in total. The van der Waals surface area contributed by atoms with Crippen LogP contribution >= 0.6 is 0 Å². The molecule has 0 atom stereocenters. The van der Waals surface area contributed by atoms with Crippen LogP contribution < -0.4 is 16.2 Å². The summed E-state index contributed by atoms with van der Waals surface area (Å²) in [5.41, 5.74) is 15.5. The molecule has 0 fully saturated rings. The summed E-state index contributed by atoms with van der Waals surface area (Å²) in [7, 11) is 1.64. The highest BCUT2D eigenvalue weighted by atomic mass is 16.5. The van der Waals surface area contributed by atoms with Crippen LogP contribution in [0.25, 0.3) is 11.3 Å². The van der Waals surface area contributed by atoms with Crippen LogP contribution in [0.15, 0.2) is 30.5 Å². The van der Waals surface area contributed by atoms with Crippen molar-refractivity contribution < 1.29 is 4.74 Å². The van der Waals surface area contributed by atoms with Crippen molar-refractivity contribution in [3.63, 3.8) is 0 Å². The molecule has 0 saturated heterocycles. The van der Waals surface area contributed by atoms with E-state index in [0.29, 0.717) is 17.1 Å². The first-order valence-corrected chi connectivity index (χ1v) is 5.28. The highest BCUT2D eigenvalue weighted by Gasteiger charge is 2.09. The maximum atomic E-state index is 5.94. The average Bonchev–Trinajstić information content (AvgIpc) is 2.33. The second-order valence-electron chi connectivity index (χ2n) is 3.84. The maximum absolute atomic E-state index is 5.94. The van der Waals surface area contributed by atoms with E-state index in [-0.39, 0.29) is 0 Å². The number of hydrogen-bond donors (Lipinski definition) is 2. The first kappa shape index (κ1) is 11.3. The number of nitrogens with zero attached hydrogens (tertiary/aromatic N) is 1. The normalized spacial score (nSPS) is 10.2. The summed E-state index contributed by atoms with van der Waals surface area (Å²) in [4.78, 5) is 4.28. The van der Waals surface area contributed by atoms with Crippen LogP contribution in [-0.4, -0.2) is 12.1 Å². The predicted molar refractivity (Wildman–Crippen MR) is 69.8 cm³/mol. The van der Waals surface area contributed by atoms with Crippen molar-refractivity contribution in [1.82, 2.24) is 4.98 Å². The molecule has 88 valence electrons. The maximum Gasteiger partial charge on any atom is 0.119 e. The largest absolute Gasteiger partial charge is 0.497 e. The van der Waals surface area contributed by atoms with Crippen LogP contribution in [0.2, 0.25) is 0 Å². The third kappa shape index (κ3) is 2.01. The number of aryl methyl sites for hydroxylation is 1. The standard InChI is InChI=1S/C13H15N3O/c1-8-7-9(17-2)3-4-10(8)13-12(15)11(14)5-6-16-13/h3-7H,15H2,1-2H3,(H2,14,16). The van der Waals surface area contributed by atoms with Gasteiger partial charge in [0.15, 0.2) is 0 Å². The van der Waals surface area contributed by atoms with Gasteiger partial charge in [0.2, 0.25) is 0 Å². The number of nitrogen functional groups attached to an aromatic ring is 2. The topological polar surface area (TPSA) is 74.2 Å². The molecule has 0 spiro atoms. The van der Waals surface area contributed by atoms with Crippen molar-refractivity contribution in [3.05, 3.63) is 36.0 Å². The molecule has 0 aliphatic heterocycles. The molecule has 0 aliphatic carbocycles. The quantitative estimate of drug-likeness (QED) is 0.828. The molecule has 4 N–H and O–H groups in total. The van der Waals surface area contributed by atoms with Crippen molar-refractivity contribution in [2.75, 3.05) is 18.6 Å². The third-order valence-corrected chi connectivity index (χ3v) is 2.71. The number of pyridine rings is 1. The number of aromatic nitrogens is 1. The first-order valence-electron chi connectivity index (χ1n) is 5.28. The highest BCUT2D eigenvalue weighted by molar-refractivity contribution is 5.82. The van der Waals surface area contributed by atoms with Crippen LogP contribution in [0.5, 0.6) is 5.75 Å². The smallest absolute Gasteiger partial charge is 0.119 e. The van der Waals surface area contributed by atoms with Gasteiger partial charge in [0.25, 0.3) is 0 Å². The van der Waals surface area contributed by atoms with Crippen molar-refractivity contribution in [2.45, 2.75) is 6.92 Å². The molecule has 1 aromatic carbocycles. The number of benzene rings is 1. The van der Waals surface area contributed by atoms with E-state index in [0.717, 1.165) is 16.9 Å². The van der Waals surface area contributed by atoms with Crippen LogP contribution in [0.4, 0.5) is 11.4 Å². The Morgan fingerprint density at radius 2 is 1.94 bits per heavy atom. The molecule has 0 unspecified atom stereocenters. The SMILES string of the molecule is COc1ccc(-c2nccc(N)c2N)c(C)c1.